The molecule has 1 N–H and O–H groups in total. The zero-order valence-electron chi connectivity index (χ0n) is 10.9. The molecule has 4 heteroatoms. The van der Waals surface area contributed by atoms with E-state index in [0.717, 1.165) is 5.56 Å². The van der Waals surface area contributed by atoms with Crippen LogP contribution in [0, 0.1) is 0 Å². The number of aromatic nitrogens is 1. The summed E-state index contributed by atoms with van der Waals surface area (Å²) in [5, 5.41) is 2.97. The summed E-state index contributed by atoms with van der Waals surface area (Å²) < 4.78 is 5.34. The maximum Gasteiger partial charge on any atom is 0.323 e. The molecule has 1 aromatic rings. The van der Waals surface area contributed by atoms with Crippen molar-refractivity contribution < 1.29 is 9.53 Å². The average molecular weight is 236 g/mol. The molecular weight excluding hydrogens is 216 g/mol. The van der Waals surface area contributed by atoms with Crippen molar-refractivity contribution in [2.75, 3.05) is 7.05 Å². The molecule has 0 spiro atoms. The van der Waals surface area contributed by atoms with Gasteiger partial charge in [0.25, 0.3) is 0 Å². The molecule has 0 bridgehead atoms. The fourth-order valence-electron chi connectivity index (χ4n) is 1.43. The molecule has 1 aromatic heterocycles. The summed E-state index contributed by atoms with van der Waals surface area (Å²) in [4.78, 5) is 15.9. The van der Waals surface area contributed by atoms with Crippen LogP contribution in [0.4, 0.5) is 0 Å². The average Bonchev–Trinajstić information content (AvgIpc) is 2.24. The molecule has 0 aliphatic rings. The molecule has 94 valence electrons. The first kappa shape index (κ1) is 13.6. The highest BCUT2D eigenvalue weighted by Crippen LogP contribution is 2.10. The van der Waals surface area contributed by atoms with E-state index in [9.17, 15) is 4.79 Å². The second-order valence-corrected chi connectivity index (χ2v) is 4.94. The summed E-state index contributed by atoms with van der Waals surface area (Å²) >= 11 is 0. The number of likely N-dealkylation sites (N-methyl/N-ethyl adjacent to an activating group) is 1. The van der Waals surface area contributed by atoms with Crippen molar-refractivity contribution in [3.8, 4) is 0 Å². The van der Waals surface area contributed by atoms with Crippen molar-refractivity contribution in [3.05, 3.63) is 30.1 Å². The van der Waals surface area contributed by atoms with E-state index >= 15 is 0 Å². The molecular formula is C13H20N2O2. The Morgan fingerprint density at radius 2 is 2.24 bits per heavy atom. The lowest BCUT2D eigenvalue weighted by atomic mass is 10.1. The van der Waals surface area contributed by atoms with E-state index in [1.165, 1.54) is 0 Å². The molecule has 0 saturated carbocycles. The molecule has 0 fully saturated rings. The number of carbonyl (C=O) groups excluding carboxylic acids is 1. The topological polar surface area (TPSA) is 51.2 Å². The van der Waals surface area contributed by atoms with Gasteiger partial charge in [-0.3, -0.25) is 9.78 Å². The van der Waals surface area contributed by atoms with E-state index in [1.54, 1.807) is 19.4 Å². The van der Waals surface area contributed by atoms with Crippen molar-refractivity contribution >= 4 is 5.97 Å². The first-order chi connectivity index (χ1) is 7.92. The van der Waals surface area contributed by atoms with Gasteiger partial charge >= 0.3 is 5.97 Å². The Balaban J connectivity index is 2.63. The van der Waals surface area contributed by atoms with Gasteiger partial charge in [0.15, 0.2) is 0 Å². The highest BCUT2D eigenvalue weighted by atomic mass is 16.6. The van der Waals surface area contributed by atoms with Gasteiger partial charge in [0.1, 0.15) is 11.6 Å². The largest absolute Gasteiger partial charge is 0.459 e. The van der Waals surface area contributed by atoms with Crippen LogP contribution >= 0.6 is 0 Å². The Morgan fingerprint density at radius 3 is 2.71 bits per heavy atom. The minimum Gasteiger partial charge on any atom is -0.459 e. The second kappa shape index (κ2) is 5.77. The summed E-state index contributed by atoms with van der Waals surface area (Å²) in [6, 6.07) is 3.47. The predicted molar refractivity (Wildman–Crippen MR) is 66.6 cm³/mol. The van der Waals surface area contributed by atoms with Gasteiger partial charge in [0.05, 0.1) is 0 Å². The number of nitrogens with zero attached hydrogens (tertiary/aromatic N) is 1. The van der Waals surface area contributed by atoms with Gasteiger partial charge in [-0.15, -0.1) is 0 Å². The maximum atomic E-state index is 11.9. The van der Waals surface area contributed by atoms with Crippen LogP contribution in [-0.4, -0.2) is 29.6 Å². The van der Waals surface area contributed by atoms with Crippen molar-refractivity contribution in [1.82, 2.24) is 10.3 Å². The molecule has 17 heavy (non-hydrogen) atoms. The molecule has 4 nitrogen and oxygen atoms in total. The number of rotatable bonds is 4. The number of ether oxygens (including phenoxy) is 1. The maximum absolute atomic E-state index is 11.9. The number of hydrogen-bond acceptors (Lipinski definition) is 4. The van der Waals surface area contributed by atoms with Crippen LogP contribution in [0.15, 0.2) is 24.5 Å². The van der Waals surface area contributed by atoms with Crippen molar-refractivity contribution in [3.63, 3.8) is 0 Å². The van der Waals surface area contributed by atoms with Gasteiger partial charge < -0.3 is 10.1 Å². The van der Waals surface area contributed by atoms with E-state index in [0.29, 0.717) is 6.42 Å². The lowest BCUT2D eigenvalue weighted by Crippen LogP contribution is -2.41. The van der Waals surface area contributed by atoms with E-state index in [1.807, 2.05) is 32.9 Å². The Bertz CT molecular complexity index is 357. The summed E-state index contributed by atoms with van der Waals surface area (Å²) in [5.74, 6) is -0.233. The number of carbonyl (C=O) groups is 1. The molecule has 0 saturated heterocycles. The summed E-state index contributed by atoms with van der Waals surface area (Å²) in [6.07, 6.45) is 4.05. The zero-order chi connectivity index (χ0) is 12.9. The highest BCUT2D eigenvalue weighted by molar-refractivity contribution is 5.76. The van der Waals surface area contributed by atoms with E-state index in [-0.39, 0.29) is 12.0 Å². The molecule has 1 heterocycles. The number of esters is 1. The molecule has 0 aromatic carbocycles. The fraction of sp³-hybridized carbons (Fsp3) is 0.538. The minimum atomic E-state index is -0.457. The van der Waals surface area contributed by atoms with Gasteiger partial charge in [-0.1, -0.05) is 6.07 Å². The van der Waals surface area contributed by atoms with Crippen LogP contribution in [0.2, 0.25) is 0 Å². The molecule has 0 aliphatic heterocycles. The number of hydrogen-bond donors (Lipinski definition) is 1. The minimum absolute atomic E-state index is 0.233. The molecule has 0 radical (unpaired) electrons. The Labute approximate surface area is 102 Å². The Morgan fingerprint density at radius 1 is 1.53 bits per heavy atom. The quantitative estimate of drug-likeness (QED) is 0.806. The third kappa shape index (κ3) is 4.95. The van der Waals surface area contributed by atoms with Gasteiger partial charge in [0, 0.05) is 12.4 Å². The predicted octanol–water partition coefficient (Wildman–Crippen LogP) is 1.55. The monoisotopic (exact) mass is 236 g/mol. The van der Waals surface area contributed by atoms with E-state index in [2.05, 4.69) is 10.3 Å². The van der Waals surface area contributed by atoms with Crippen molar-refractivity contribution in [2.45, 2.75) is 38.8 Å². The van der Waals surface area contributed by atoms with Crippen LogP contribution < -0.4 is 5.32 Å². The molecule has 1 rings (SSSR count). The Kier molecular flexibility index (Phi) is 4.63. The van der Waals surface area contributed by atoms with E-state index < -0.39 is 5.60 Å². The van der Waals surface area contributed by atoms with E-state index in [4.69, 9.17) is 4.74 Å². The van der Waals surface area contributed by atoms with Crippen LogP contribution in [-0.2, 0) is 16.0 Å². The standard InChI is InChI=1S/C13H20N2O2/c1-13(2,3)17-12(16)11(14-4)8-10-6-5-7-15-9-10/h5-7,9,11,14H,8H2,1-4H3/t11-/m0/s1. The third-order valence-corrected chi connectivity index (χ3v) is 2.20. The van der Waals surface area contributed by atoms with Crippen molar-refractivity contribution in [2.24, 2.45) is 0 Å². The number of nitrogens with one attached hydrogen (secondary N) is 1. The van der Waals surface area contributed by atoms with Crippen molar-refractivity contribution in [1.29, 1.82) is 0 Å². The lowest BCUT2D eigenvalue weighted by Gasteiger charge is -2.23. The molecule has 0 aliphatic carbocycles. The SMILES string of the molecule is CN[C@@H](Cc1cccnc1)C(=O)OC(C)(C)C. The van der Waals surface area contributed by atoms with Crippen LogP contribution in [0.5, 0.6) is 0 Å². The van der Waals surface area contributed by atoms with Gasteiger partial charge in [-0.05, 0) is 45.9 Å². The van der Waals surface area contributed by atoms with Gasteiger partial charge in [0.2, 0.25) is 0 Å². The molecule has 0 amide bonds. The smallest absolute Gasteiger partial charge is 0.323 e. The summed E-state index contributed by atoms with van der Waals surface area (Å²) in [5.41, 5.74) is 0.555. The molecule has 0 unspecified atom stereocenters. The van der Waals surface area contributed by atoms with Gasteiger partial charge in [-0.25, -0.2) is 0 Å². The molecule has 1 atom stereocenters. The first-order valence-electron chi connectivity index (χ1n) is 5.71. The lowest BCUT2D eigenvalue weighted by molar-refractivity contribution is -0.157. The zero-order valence-corrected chi connectivity index (χ0v) is 10.9. The highest BCUT2D eigenvalue weighted by Gasteiger charge is 2.23. The third-order valence-electron chi connectivity index (χ3n) is 2.20. The fourth-order valence-corrected chi connectivity index (χ4v) is 1.43. The Hall–Kier alpha value is -1.42. The van der Waals surface area contributed by atoms with Crippen LogP contribution in [0.25, 0.3) is 0 Å². The number of pyridine rings is 1. The summed E-state index contributed by atoms with van der Waals surface area (Å²) in [6.45, 7) is 5.59. The summed E-state index contributed by atoms with van der Waals surface area (Å²) in [7, 11) is 1.75. The van der Waals surface area contributed by atoms with Crippen LogP contribution in [0.3, 0.4) is 0 Å². The second-order valence-electron chi connectivity index (χ2n) is 4.94. The van der Waals surface area contributed by atoms with Crippen LogP contribution in [0.1, 0.15) is 26.3 Å². The normalized spacial score (nSPS) is 13.2. The van der Waals surface area contributed by atoms with Gasteiger partial charge in [-0.2, -0.15) is 0 Å². The first-order valence-corrected chi connectivity index (χ1v) is 5.71.